The molecule has 18 heavy (non-hydrogen) atoms. The molecule has 0 bridgehead atoms. The van der Waals surface area contributed by atoms with E-state index in [0.717, 1.165) is 43.9 Å². The van der Waals surface area contributed by atoms with Crippen LogP contribution in [0, 0.1) is 13.8 Å². The van der Waals surface area contributed by atoms with Gasteiger partial charge in [-0.1, -0.05) is 5.21 Å². The Morgan fingerprint density at radius 2 is 1.89 bits per heavy atom. The molecule has 96 valence electrons. The normalized spacial score (nSPS) is 17.4. The monoisotopic (exact) mass is 245 g/mol. The molecule has 1 aliphatic rings. The molecule has 3 rings (SSSR count). The number of aryl methyl sites for hydroxylation is 2. The topological polar surface area (TPSA) is 46.0 Å². The molecule has 1 fully saturated rings. The number of hydrogen-bond donors (Lipinski definition) is 1. The number of aromatic nitrogens is 3. The third kappa shape index (κ3) is 2.11. The second-order valence-corrected chi connectivity index (χ2v) is 5.02. The number of benzene rings is 1. The van der Waals surface area contributed by atoms with Crippen LogP contribution in [-0.2, 0) is 6.67 Å². The van der Waals surface area contributed by atoms with Gasteiger partial charge in [0.25, 0.3) is 0 Å². The molecule has 0 aliphatic carbocycles. The summed E-state index contributed by atoms with van der Waals surface area (Å²) in [5.41, 5.74) is 4.70. The SMILES string of the molecule is Cc1cc2nnn(CN3CCNCC3)c2cc1C. The molecule has 0 saturated carbocycles. The maximum atomic E-state index is 4.28. The maximum absolute atomic E-state index is 4.28. The van der Waals surface area contributed by atoms with Gasteiger partial charge >= 0.3 is 0 Å². The minimum absolute atomic E-state index is 0.834. The van der Waals surface area contributed by atoms with Crippen LogP contribution in [0.25, 0.3) is 11.0 Å². The molecule has 1 aliphatic heterocycles. The van der Waals surface area contributed by atoms with E-state index < -0.39 is 0 Å². The highest BCUT2D eigenvalue weighted by Crippen LogP contribution is 2.17. The fourth-order valence-electron chi connectivity index (χ4n) is 2.37. The van der Waals surface area contributed by atoms with Crippen LogP contribution < -0.4 is 5.32 Å². The molecule has 2 aromatic rings. The first-order chi connectivity index (χ1) is 8.74. The number of rotatable bonds is 2. The molecule has 5 nitrogen and oxygen atoms in total. The quantitative estimate of drug-likeness (QED) is 0.854. The standard InChI is InChI=1S/C13H19N5/c1-10-7-12-13(8-11(10)2)18(16-15-12)9-17-5-3-14-4-6-17/h7-8,14H,3-6,9H2,1-2H3. The van der Waals surface area contributed by atoms with E-state index in [1.54, 1.807) is 0 Å². The maximum Gasteiger partial charge on any atom is 0.113 e. The predicted octanol–water partition coefficient (Wildman–Crippen LogP) is 0.911. The molecule has 0 unspecified atom stereocenters. The highest BCUT2D eigenvalue weighted by atomic mass is 15.5. The van der Waals surface area contributed by atoms with Crippen LogP contribution >= 0.6 is 0 Å². The van der Waals surface area contributed by atoms with E-state index in [1.165, 1.54) is 11.1 Å². The van der Waals surface area contributed by atoms with E-state index in [1.807, 2.05) is 4.68 Å². The van der Waals surface area contributed by atoms with Crippen LogP contribution in [0.1, 0.15) is 11.1 Å². The van der Waals surface area contributed by atoms with Crippen LogP contribution in [0.4, 0.5) is 0 Å². The molecule has 0 radical (unpaired) electrons. The van der Waals surface area contributed by atoms with Crippen molar-refractivity contribution in [2.45, 2.75) is 20.5 Å². The molecular weight excluding hydrogens is 226 g/mol. The van der Waals surface area contributed by atoms with Crippen molar-refractivity contribution in [3.63, 3.8) is 0 Å². The van der Waals surface area contributed by atoms with Gasteiger partial charge in [0.05, 0.1) is 12.2 Å². The van der Waals surface area contributed by atoms with Gasteiger partial charge in [0.1, 0.15) is 5.52 Å². The Morgan fingerprint density at radius 1 is 1.17 bits per heavy atom. The number of fused-ring (bicyclic) bond motifs is 1. The summed E-state index contributed by atoms with van der Waals surface area (Å²) in [5, 5.41) is 11.9. The highest BCUT2D eigenvalue weighted by Gasteiger charge is 2.13. The Balaban J connectivity index is 1.89. The summed E-state index contributed by atoms with van der Waals surface area (Å²) < 4.78 is 2.01. The zero-order valence-electron chi connectivity index (χ0n) is 11.0. The van der Waals surface area contributed by atoms with Crippen molar-refractivity contribution < 1.29 is 0 Å². The lowest BCUT2D eigenvalue weighted by molar-refractivity contribution is 0.185. The van der Waals surface area contributed by atoms with Crippen LogP contribution in [0.5, 0.6) is 0 Å². The van der Waals surface area contributed by atoms with E-state index in [-0.39, 0.29) is 0 Å². The van der Waals surface area contributed by atoms with Crippen molar-refractivity contribution in [2.75, 3.05) is 26.2 Å². The largest absolute Gasteiger partial charge is 0.314 e. The van der Waals surface area contributed by atoms with Gasteiger partial charge in [0.15, 0.2) is 0 Å². The van der Waals surface area contributed by atoms with Gasteiger partial charge in [0.2, 0.25) is 0 Å². The second-order valence-electron chi connectivity index (χ2n) is 5.02. The summed E-state index contributed by atoms with van der Waals surface area (Å²) in [6.45, 7) is 9.36. The Bertz CT molecular complexity index is 554. The van der Waals surface area contributed by atoms with Crippen molar-refractivity contribution in [3.05, 3.63) is 23.3 Å². The van der Waals surface area contributed by atoms with Crippen molar-refractivity contribution in [1.29, 1.82) is 0 Å². The Kier molecular flexibility index (Phi) is 3.01. The van der Waals surface area contributed by atoms with Crippen molar-refractivity contribution >= 4 is 11.0 Å². The van der Waals surface area contributed by atoms with Crippen molar-refractivity contribution in [3.8, 4) is 0 Å². The summed E-state index contributed by atoms with van der Waals surface area (Å²) in [5.74, 6) is 0. The fourth-order valence-corrected chi connectivity index (χ4v) is 2.37. The summed E-state index contributed by atoms with van der Waals surface area (Å²) in [4.78, 5) is 2.40. The van der Waals surface area contributed by atoms with E-state index in [2.05, 4.69) is 46.5 Å². The predicted molar refractivity (Wildman–Crippen MR) is 71.4 cm³/mol. The van der Waals surface area contributed by atoms with Crippen LogP contribution in [0.15, 0.2) is 12.1 Å². The van der Waals surface area contributed by atoms with Crippen molar-refractivity contribution in [1.82, 2.24) is 25.2 Å². The Morgan fingerprint density at radius 3 is 2.67 bits per heavy atom. The lowest BCUT2D eigenvalue weighted by atomic mass is 10.1. The van der Waals surface area contributed by atoms with Crippen molar-refractivity contribution in [2.24, 2.45) is 0 Å². The van der Waals surface area contributed by atoms with E-state index in [4.69, 9.17) is 0 Å². The average Bonchev–Trinajstić information content (AvgIpc) is 2.74. The third-order valence-corrected chi connectivity index (χ3v) is 3.67. The third-order valence-electron chi connectivity index (χ3n) is 3.67. The summed E-state index contributed by atoms with van der Waals surface area (Å²) in [6.07, 6.45) is 0. The van der Waals surface area contributed by atoms with Crippen LogP contribution in [0.3, 0.4) is 0 Å². The van der Waals surface area contributed by atoms with Gasteiger partial charge in [-0.3, -0.25) is 4.90 Å². The molecule has 1 aromatic heterocycles. The minimum Gasteiger partial charge on any atom is -0.314 e. The molecule has 2 heterocycles. The molecule has 1 N–H and O–H groups in total. The summed E-state index contributed by atoms with van der Waals surface area (Å²) >= 11 is 0. The lowest BCUT2D eigenvalue weighted by Gasteiger charge is -2.26. The minimum atomic E-state index is 0.834. The number of hydrogen-bond acceptors (Lipinski definition) is 4. The highest BCUT2D eigenvalue weighted by molar-refractivity contribution is 5.76. The van der Waals surface area contributed by atoms with Crippen LogP contribution in [0.2, 0.25) is 0 Å². The number of piperazine rings is 1. The van der Waals surface area contributed by atoms with Gasteiger partial charge < -0.3 is 5.32 Å². The fraction of sp³-hybridized carbons (Fsp3) is 0.538. The molecule has 0 spiro atoms. The van der Waals surface area contributed by atoms with E-state index >= 15 is 0 Å². The Hall–Kier alpha value is -1.46. The molecule has 0 atom stereocenters. The van der Waals surface area contributed by atoms with Gasteiger partial charge in [-0.2, -0.15) is 0 Å². The number of nitrogens with one attached hydrogen (secondary N) is 1. The van der Waals surface area contributed by atoms with Gasteiger partial charge in [-0.15, -0.1) is 5.10 Å². The summed E-state index contributed by atoms with van der Waals surface area (Å²) in [6, 6.07) is 4.30. The molecule has 1 aromatic carbocycles. The Labute approximate surface area is 107 Å². The van der Waals surface area contributed by atoms with Crippen LogP contribution in [-0.4, -0.2) is 46.1 Å². The first-order valence-corrected chi connectivity index (χ1v) is 6.47. The lowest BCUT2D eigenvalue weighted by Crippen LogP contribution is -2.44. The number of nitrogens with zero attached hydrogens (tertiary/aromatic N) is 4. The smallest absolute Gasteiger partial charge is 0.113 e. The average molecular weight is 245 g/mol. The zero-order chi connectivity index (χ0) is 12.5. The van der Waals surface area contributed by atoms with Gasteiger partial charge in [0, 0.05) is 26.2 Å². The molecule has 5 heteroatoms. The zero-order valence-corrected chi connectivity index (χ0v) is 11.0. The summed E-state index contributed by atoms with van der Waals surface area (Å²) in [7, 11) is 0. The first kappa shape index (κ1) is 11.6. The van der Waals surface area contributed by atoms with E-state index in [9.17, 15) is 0 Å². The molecular formula is C13H19N5. The van der Waals surface area contributed by atoms with Gasteiger partial charge in [-0.25, -0.2) is 4.68 Å². The second kappa shape index (κ2) is 4.66. The first-order valence-electron chi connectivity index (χ1n) is 6.47. The van der Waals surface area contributed by atoms with E-state index in [0.29, 0.717) is 0 Å². The van der Waals surface area contributed by atoms with Gasteiger partial charge in [-0.05, 0) is 37.1 Å². The molecule has 1 saturated heterocycles. The molecule has 0 amide bonds.